The minimum atomic E-state index is -4.38. The van der Waals surface area contributed by atoms with Gasteiger partial charge in [0, 0.05) is 0 Å². The molecule has 0 aliphatic rings. The molecule has 0 fully saturated rings. The first-order valence-corrected chi connectivity index (χ1v) is 13.0. The Kier molecular flexibility index (Phi) is 7.52. The lowest BCUT2D eigenvalue weighted by Gasteiger charge is -2.37. The summed E-state index contributed by atoms with van der Waals surface area (Å²) >= 11 is 0. The van der Waals surface area contributed by atoms with Gasteiger partial charge in [-0.15, -0.1) is 0 Å². The van der Waals surface area contributed by atoms with Gasteiger partial charge in [-0.1, -0.05) is 32.9 Å². The van der Waals surface area contributed by atoms with Crippen LogP contribution < -0.4 is 4.72 Å². The van der Waals surface area contributed by atoms with E-state index in [0.29, 0.717) is 5.56 Å². The minimum Gasteiger partial charge on any atom is -0.415 e. The van der Waals surface area contributed by atoms with Gasteiger partial charge in [-0.05, 0) is 56.6 Å². The molecule has 1 N–H and O–H groups in total. The first kappa shape index (κ1) is 24.3. The van der Waals surface area contributed by atoms with Crippen LogP contribution in [-0.4, -0.2) is 23.9 Å². The summed E-state index contributed by atoms with van der Waals surface area (Å²) in [6.45, 7) is 16.4. The molecule has 1 aromatic rings. The first-order valence-electron chi connectivity index (χ1n) is 8.94. The van der Waals surface area contributed by atoms with Gasteiger partial charge in [-0.3, -0.25) is 0 Å². The van der Waals surface area contributed by atoms with E-state index in [9.17, 15) is 17.4 Å². The predicted octanol–water partition coefficient (Wildman–Crippen LogP) is 5.82. The van der Waals surface area contributed by atoms with Crippen molar-refractivity contribution < 1.29 is 21.8 Å². The summed E-state index contributed by atoms with van der Waals surface area (Å²) in [7, 11) is -3.43. The van der Waals surface area contributed by atoms with Crippen molar-refractivity contribution in [1.82, 2.24) is 4.72 Å². The third-order valence-electron chi connectivity index (χ3n) is 4.86. The molecule has 0 radical (unpaired) electrons. The van der Waals surface area contributed by atoms with Crippen molar-refractivity contribution in [2.75, 3.05) is 6.61 Å². The van der Waals surface area contributed by atoms with Crippen molar-refractivity contribution >= 4 is 19.3 Å². The normalized spacial score (nSPS) is 16.3. The first-order chi connectivity index (χ1) is 11.9. The highest BCUT2D eigenvalue weighted by Crippen LogP contribution is 2.37. The van der Waals surface area contributed by atoms with Crippen molar-refractivity contribution in [1.29, 1.82) is 0 Å². The van der Waals surface area contributed by atoms with Crippen molar-refractivity contribution in [3.63, 3.8) is 0 Å². The van der Waals surface area contributed by atoms with Crippen molar-refractivity contribution in [3.05, 3.63) is 35.4 Å². The number of nitrogens with one attached hydrogen (secondary N) is 1. The van der Waals surface area contributed by atoms with E-state index in [1.807, 2.05) is 20.8 Å². The van der Waals surface area contributed by atoms with Crippen LogP contribution in [0.15, 0.2) is 24.3 Å². The number of alkyl halides is 3. The molecule has 2 atom stereocenters. The highest BCUT2D eigenvalue weighted by molar-refractivity contribution is 7.84. The molecule has 1 rings (SSSR count). The summed E-state index contributed by atoms with van der Waals surface area (Å²) in [6.07, 6.45) is -4.38. The summed E-state index contributed by atoms with van der Waals surface area (Å²) < 4.78 is 59.9. The maximum atomic E-state index is 12.8. The Morgan fingerprint density at radius 3 is 1.89 bits per heavy atom. The Bertz CT molecular complexity index is 647. The minimum absolute atomic E-state index is 0.000864. The highest BCUT2D eigenvalue weighted by Gasteiger charge is 2.38. The van der Waals surface area contributed by atoms with Gasteiger partial charge >= 0.3 is 6.18 Å². The Hall–Kier alpha value is -0.703. The smallest absolute Gasteiger partial charge is 0.415 e. The topological polar surface area (TPSA) is 38.3 Å². The molecule has 8 heteroatoms. The van der Waals surface area contributed by atoms with Gasteiger partial charge in [-0.25, -0.2) is 8.93 Å². The summed E-state index contributed by atoms with van der Waals surface area (Å²) in [6, 6.07) is 4.50. The summed E-state index contributed by atoms with van der Waals surface area (Å²) in [4.78, 5) is 0. The molecule has 0 unspecified atom stereocenters. The van der Waals surface area contributed by atoms with Crippen LogP contribution in [-0.2, 0) is 21.6 Å². The molecule has 0 amide bonds. The molecule has 0 spiro atoms. The Balaban J connectivity index is 3.10. The lowest BCUT2D eigenvalue weighted by atomic mass is 10.1. The van der Waals surface area contributed by atoms with Crippen LogP contribution in [0.25, 0.3) is 0 Å². The molecule has 27 heavy (non-hydrogen) atoms. The molecule has 3 nitrogen and oxygen atoms in total. The molecular formula is C19H32F3NO2SSi. The van der Waals surface area contributed by atoms with Crippen LogP contribution in [0.4, 0.5) is 13.2 Å². The molecule has 0 aromatic heterocycles. The highest BCUT2D eigenvalue weighted by atomic mass is 32.2. The lowest BCUT2D eigenvalue weighted by molar-refractivity contribution is -0.137. The Morgan fingerprint density at radius 2 is 1.52 bits per heavy atom. The van der Waals surface area contributed by atoms with Crippen LogP contribution >= 0.6 is 0 Å². The molecule has 0 aliphatic carbocycles. The Morgan fingerprint density at radius 1 is 1.04 bits per heavy atom. The maximum Gasteiger partial charge on any atom is 0.416 e. The third-order valence-corrected chi connectivity index (χ3v) is 11.0. The van der Waals surface area contributed by atoms with Gasteiger partial charge in [0.25, 0.3) is 0 Å². The van der Waals surface area contributed by atoms with Crippen molar-refractivity contribution in [2.45, 2.75) is 76.6 Å². The number of benzene rings is 1. The summed E-state index contributed by atoms with van der Waals surface area (Å²) in [5.41, 5.74) is -0.0773. The zero-order valence-electron chi connectivity index (χ0n) is 17.5. The fourth-order valence-electron chi connectivity index (χ4n) is 1.92. The van der Waals surface area contributed by atoms with Crippen LogP contribution in [0.3, 0.4) is 0 Å². The van der Waals surface area contributed by atoms with E-state index < -0.39 is 41.8 Å². The van der Waals surface area contributed by atoms with Gasteiger partial charge in [-0.2, -0.15) is 13.2 Å². The van der Waals surface area contributed by atoms with Crippen LogP contribution in [0.1, 0.15) is 58.7 Å². The Labute approximate surface area is 164 Å². The second-order valence-electron chi connectivity index (χ2n) is 9.24. The third kappa shape index (κ3) is 7.00. The van der Waals surface area contributed by atoms with Crippen molar-refractivity contribution in [2.24, 2.45) is 0 Å². The molecule has 0 heterocycles. The quantitative estimate of drug-likeness (QED) is 0.586. The van der Waals surface area contributed by atoms with E-state index in [1.165, 1.54) is 12.1 Å². The van der Waals surface area contributed by atoms with Gasteiger partial charge in [0.1, 0.15) is 0 Å². The van der Waals surface area contributed by atoms with E-state index in [0.717, 1.165) is 12.1 Å². The number of hydrogen-bond acceptors (Lipinski definition) is 2. The molecule has 0 aliphatic heterocycles. The molecule has 1 aromatic carbocycles. The van der Waals surface area contributed by atoms with E-state index in [4.69, 9.17) is 4.43 Å². The molecule has 156 valence electrons. The van der Waals surface area contributed by atoms with E-state index in [1.54, 1.807) is 0 Å². The van der Waals surface area contributed by atoms with Crippen LogP contribution in [0.2, 0.25) is 18.1 Å². The zero-order chi connectivity index (χ0) is 21.3. The second-order valence-corrected chi connectivity index (χ2v) is 16.0. The number of hydrogen-bond donors (Lipinski definition) is 1. The van der Waals surface area contributed by atoms with Gasteiger partial charge in [0.15, 0.2) is 8.32 Å². The maximum absolute atomic E-state index is 12.8. The number of rotatable bonds is 6. The number of halogens is 3. The van der Waals surface area contributed by atoms with Crippen LogP contribution in [0, 0.1) is 0 Å². The average molecular weight is 424 g/mol. The fourth-order valence-corrected chi connectivity index (χ4v) is 3.75. The monoisotopic (exact) mass is 423 g/mol. The molecule has 0 saturated heterocycles. The van der Waals surface area contributed by atoms with Gasteiger partial charge in [0.2, 0.25) is 0 Å². The van der Waals surface area contributed by atoms with Crippen LogP contribution in [0.5, 0.6) is 0 Å². The predicted molar refractivity (Wildman–Crippen MR) is 108 cm³/mol. The molecular weight excluding hydrogens is 391 g/mol. The average Bonchev–Trinajstić information content (AvgIpc) is 2.48. The van der Waals surface area contributed by atoms with E-state index in [2.05, 4.69) is 38.6 Å². The SMILES string of the molecule is CC(C)(C)[S@@](=O)N[C@@H](CO[Si](C)(C)C(C)(C)C)c1ccc(C(F)(F)F)cc1. The van der Waals surface area contributed by atoms with Gasteiger partial charge in [0.05, 0.1) is 33.9 Å². The standard InChI is InChI=1S/C19H32F3NO2SSi/c1-17(2,3)26(24)23-16(13-25-27(7,8)18(4,5)6)14-9-11-15(12-10-14)19(20,21)22/h9-12,16,23H,13H2,1-8H3/t16-,26+/m0/s1. The van der Waals surface area contributed by atoms with E-state index >= 15 is 0 Å². The molecule has 0 bridgehead atoms. The fraction of sp³-hybridized carbons (Fsp3) is 0.684. The second kappa shape index (κ2) is 8.35. The summed E-state index contributed by atoms with van der Waals surface area (Å²) in [5, 5.41) is 0.000864. The lowest BCUT2D eigenvalue weighted by Crippen LogP contribution is -2.44. The zero-order valence-corrected chi connectivity index (χ0v) is 19.3. The largest absolute Gasteiger partial charge is 0.416 e. The van der Waals surface area contributed by atoms with Crippen molar-refractivity contribution in [3.8, 4) is 0 Å². The molecule has 0 saturated carbocycles. The van der Waals surface area contributed by atoms with E-state index in [-0.39, 0.29) is 11.6 Å². The summed E-state index contributed by atoms with van der Waals surface area (Å²) in [5.74, 6) is 0. The van der Waals surface area contributed by atoms with Gasteiger partial charge < -0.3 is 4.43 Å².